The molecule has 0 bridgehead atoms. The molecule has 1 heterocycles. The van der Waals surface area contributed by atoms with Crippen molar-refractivity contribution in [2.75, 3.05) is 24.7 Å². The number of ether oxygens (including phenoxy) is 1. The van der Waals surface area contributed by atoms with Crippen LogP contribution in [0.2, 0.25) is 0 Å². The van der Waals surface area contributed by atoms with Crippen LogP contribution in [0.3, 0.4) is 0 Å². The van der Waals surface area contributed by atoms with Crippen LogP contribution in [0.15, 0.2) is 24.3 Å². The third-order valence-corrected chi connectivity index (χ3v) is 7.12. The third-order valence-electron chi connectivity index (χ3n) is 6.19. The fourth-order valence-electron chi connectivity index (χ4n) is 3.94. The minimum Gasteiger partial charge on any atom is -0.444 e. The predicted molar refractivity (Wildman–Crippen MR) is 172 cm³/mol. The van der Waals surface area contributed by atoms with Crippen molar-refractivity contribution in [3.8, 4) is 0 Å². The zero-order valence-electron chi connectivity index (χ0n) is 27.0. The van der Waals surface area contributed by atoms with Crippen molar-refractivity contribution in [1.29, 1.82) is 0 Å². The Morgan fingerprint density at radius 1 is 1.00 bits per heavy atom. The van der Waals surface area contributed by atoms with Crippen LogP contribution in [0.4, 0.5) is 10.5 Å². The number of nitrogens with zero attached hydrogens (tertiary/aromatic N) is 1. The SMILES string of the molecule is CC.CC.CSC1CC(=O)N(CCCCCC(=O)NC(C(=O)NCC(=O)Nc2ccc(COC(=O)NN)cc2)C(C)C)C1=O. The Balaban J connectivity index is 0.00000443. The van der Waals surface area contributed by atoms with Gasteiger partial charge in [-0.1, -0.05) is 60.1 Å². The Kier molecular flexibility index (Phi) is 20.9. The summed E-state index contributed by atoms with van der Waals surface area (Å²) in [7, 11) is 0. The van der Waals surface area contributed by atoms with Crippen molar-refractivity contribution in [3.05, 3.63) is 29.8 Å². The summed E-state index contributed by atoms with van der Waals surface area (Å²) in [5.41, 5.74) is 3.03. The van der Waals surface area contributed by atoms with Gasteiger partial charge in [-0.15, -0.1) is 0 Å². The number of hydrogen-bond acceptors (Lipinski definition) is 9. The molecule has 6 N–H and O–H groups in total. The van der Waals surface area contributed by atoms with Crippen molar-refractivity contribution < 1.29 is 33.5 Å². The van der Waals surface area contributed by atoms with Crippen LogP contribution in [-0.2, 0) is 35.3 Å². The molecule has 2 rings (SSSR count). The van der Waals surface area contributed by atoms with Gasteiger partial charge in [0.05, 0.1) is 11.8 Å². The van der Waals surface area contributed by atoms with Crippen molar-refractivity contribution in [2.45, 2.75) is 91.5 Å². The lowest BCUT2D eigenvalue weighted by atomic mass is 10.0. The smallest absolute Gasteiger partial charge is 0.421 e. The number of imide groups is 1. The summed E-state index contributed by atoms with van der Waals surface area (Å²) in [5, 5.41) is 7.63. The van der Waals surface area contributed by atoms with Gasteiger partial charge in [-0.05, 0) is 42.7 Å². The minimum atomic E-state index is -0.811. The second kappa shape index (κ2) is 22.8. The minimum absolute atomic E-state index is 0.00891. The number of thioether (sulfide) groups is 1. The molecule has 44 heavy (non-hydrogen) atoms. The maximum absolute atomic E-state index is 12.7. The van der Waals surface area contributed by atoms with Gasteiger partial charge < -0.3 is 20.7 Å². The largest absolute Gasteiger partial charge is 0.444 e. The van der Waals surface area contributed by atoms with E-state index in [9.17, 15) is 28.8 Å². The molecule has 13 nitrogen and oxygen atoms in total. The highest BCUT2D eigenvalue weighted by Gasteiger charge is 2.37. The summed E-state index contributed by atoms with van der Waals surface area (Å²) in [4.78, 5) is 73.9. The average molecular weight is 639 g/mol. The number of carbonyl (C=O) groups excluding carboxylic acids is 6. The molecular weight excluding hydrogens is 588 g/mol. The van der Waals surface area contributed by atoms with E-state index in [1.54, 1.807) is 38.1 Å². The molecule has 248 valence electrons. The monoisotopic (exact) mass is 638 g/mol. The fourth-order valence-corrected chi connectivity index (χ4v) is 4.58. The molecule has 1 aliphatic heterocycles. The number of nitrogens with two attached hydrogens (primary N) is 1. The Morgan fingerprint density at radius 2 is 1.64 bits per heavy atom. The van der Waals surface area contributed by atoms with Crippen LogP contribution in [0, 0.1) is 5.92 Å². The first kappa shape index (κ1) is 40.4. The van der Waals surface area contributed by atoms with Gasteiger partial charge >= 0.3 is 6.09 Å². The standard InChI is InChI=1S/C26H38N6O7S.2C2H6/c1-16(2)23(30-20(33)7-5-4-6-12-32-22(35)13-19(40-3)25(32)37)24(36)28-14-21(34)29-18-10-8-17(9-11-18)15-39-26(38)31-27;2*1-2/h8-11,16,19,23H,4-7,12-15,27H2,1-3H3,(H,28,36)(H,29,34)(H,30,33)(H,31,38);2*1-2H3. The number of benzene rings is 1. The molecule has 0 spiro atoms. The van der Waals surface area contributed by atoms with Gasteiger partial charge in [0.2, 0.25) is 29.5 Å². The van der Waals surface area contributed by atoms with Crippen molar-refractivity contribution in [3.63, 3.8) is 0 Å². The Morgan fingerprint density at radius 3 is 2.18 bits per heavy atom. The van der Waals surface area contributed by atoms with Crippen LogP contribution in [0.25, 0.3) is 0 Å². The van der Waals surface area contributed by atoms with E-state index >= 15 is 0 Å². The topological polar surface area (TPSA) is 189 Å². The molecule has 14 heteroatoms. The molecule has 0 radical (unpaired) electrons. The number of carbonyl (C=O) groups is 6. The summed E-state index contributed by atoms with van der Waals surface area (Å²) >= 11 is 1.38. The number of amides is 6. The van der Waals surface area contributed by atoms with E-state index in [4.69, 9.17) is 10.6 Å². The summed E-state index contributed by atoms with van der Waals surface area (Å²) in [6, 6.07) is 5.76. The highest BCUT2D eigenvalue weighted by atomic mass is 32.2. The highest BCUT2D eigenvalue weighted by Crippen LogP contribution is 2.23. The van der Waals surface area contributed by atoms with E-state index in [0.717, 1.165) is 0 Å². The lowest BCUT2D eigenvalue weighted by Gasteiger charge is -2.21. The van der Waals surface area contributed by atoms with E-state index in [1.165, 1.54) is 16.7 Å². The van der Waals surface area contributed by atoms with E-state index in [-0.39, 0.29) is 54.9 Å². The Hall–Kier alpha value is -3.65. The number of nitrogens with one attached hydrogen (secondary N) is 4. The van der Waals surface area contributed by atoms with E-state index in [2.05, 4.69) is 16.0 Å². The Labute approximate surface area is 265 Å². The molecule has 6 amide bonds. The zero-order valence-corrected chi connectivity index (χ0v) is 27.8. The molecule has 1 aliphatic rings. The molecule has 2 unspecified atom stereocenters. The normalized spacial score (nSPS) is 14.4. The van der Waals surface area contributed by atoms with Gasteiger partial charge in [0.1, 0.15) is 12.6 Å². The van der Waals surface area contributed by atoms with Crippen LogP contribution in [0.1, 0.15) is 79.2 Å². The van der Waals surface area contributed by atoms with Crippen LogP contribution < -0.4 is 27.2 Å². The van der Waals surface area contributed by atoms with Gasteiger partial charge in [0, 0.05) is 25.1 Å². The van der Waals surface area contributed by atoms with Gasteiger partial charge in [0.15, 0.2) is 0 Å². The number of hydrogen-bond donors (Lipinski definition) is 5. The molecular formula is C30H50N6O7S. The van der Waals surface area contributed by atoms with Gasteiger partial charge in [0.25, 0.3) is 0 Å². The first-order valence-corrected chi connectivity index (χ1v) is 16.3. The molecule has 1 aromatic carbocycles. The summed E-state index contributed by atoms with van der Waals surface area (Å²) in [6.45, 7) is 11.7. The first-order valence-electron chi connectivity index (χ1n) is 15.0. The number of unbranched alkanes of at least 4 members (excludes halogenated alkanes) is 2. The Bertz CT molecular complexity index is 1070. The van der Waals surface area contributed by atoms with Crippen molar-refractivity contribution in [1.82, 2.24) is 21.0 Å². The highest BCUT2D eigenvalue weighted by molar-refractivity contribution is 8.00. The molecule has 1 aromatic rings. The molecule has 0 aromatic heterocycles. The maximum Gasteiger partial charge on any atom is 0.421 e. The molecule has 1 fully saturated rings. The summed E-state index contributed by atoms with van der Waals surface area (Å²) in [6.07, 6.45) is 3.30. The number of hydrazine groups is 1. The van der Waals surface area contributed by atoms with E-state index in [1.807, 2.05) is 39.4 Å². The van der Waals surface area contributed by atoms with Crippen LogP contribution in [0.5, 0.6) is 0 Å². The average Bonchev–Trinajstić information content (AvgIpc) is 3.31. The quantitative estimate of drug-likeness (QED) is 0.0632. The first-order chi connectivity index (χ1) is 21.0. The second-order valence-corrected chi connectivity index (χ2v) is 10.6. The van der Waals surface area contributed by atoms with E-state index in [0.29, 0.717) is 37.1 Å². The van der Waals surface area contributed by atoms with Gasteiger partial charge in [-0.25, -0.2) is 10.6 Å². The summed E-state index contributed by atoms with van der Waals surface area (Å²) in [5.74, 6) is 3.22. The molecule has 0 aliphatic carbocycles. The van der Waals surface area contributed by atoms with Crippen LogP contribution in [-0.4, -0.2) is 71.2 Å². The lowest BCUT2D eigenvalue weighted by Crippen LogP contribution is -2.51. The van der Waals surface area contributed by atoms with Crippen molar-refractivity contribution >= 4 is 53.1 Å². The lowest BCUT2D eigenvalue weighted by molar-refractivity contribution is -0.138. The molecule has 1 saturated heterocycles. The summed E-state index contributed by atoms with van der Waals surface area (Å²) < 4.78 is 4.83. The van der Waals surface area contributed by atoms with Crippen molar-refractivity contribution in [2.24, 2.45) is 11.8 Å². The third kappa shape index (κ3) is 14.7. The zero-order chi connectivity index (χ0) is 33.7. The molecule has 0 saturated carbocycles. The molecule has 2 atom stereocenters. The van der Waals surface area contributed by atoms with Gasteiger partial charge in [-0.3, -0.25) is 34.3 Å². The predicted octanol–water partition coefficient (Wildman–Crippen LogP) is 3.09. The number of likely N-dealkylation sites (tertiary alicyclic amines) is 1. The van der Waals surface area contributed by atoms with E-state index < -0.39 is 23.9 Å². The second-order valence-electron chi connectivity index (χ2n) is 9.60. The number of rotatable bonds is 15. The van der Waals surface area contributed by atoms with Crippen LogP contribution >= 0.6 is 11.8 Å². The van der Waals surface area contributed by atoms with Gasteiger partial charge in [-0.2, -0.15) is 11.8 Å². The fraction of sp³-hybridized carbons (Fsp3) is 0.600. The number of anilines is 1. The maximum atomic E-state index is 12.7.